The summed E-state index contributed by atoms with van der Waals surface area (Å²) < 4.78 is 5.37. The topological polar surface area (TPSA) is 24.5 Å². The van der Waals surface area contributed by atoms with Gasteiger partial charge in [0.1, 0.15) is 5.75 Å². The smallest absolute Gasteiger partial charge is 0.118 e. The van der Waals surface area contributed by atoms with Crippen LogP contribution in [0.2, 0.25) is 0 Å². The molecule has 3 aromatic rings. The Bertz CT molecular complexity index is 1020. The Morgan fingerprint density at radius 1 is 0.735 bits per heavy atom. The normalized spacial score (nSPS) is 19.0. The molecule has 3 nitrogen and oxygen atoms in total. The summed E-state index contributed by atoms with van der Waals surface area (Å²) in [6.45, 7) is 5.62. The molecule has 1 aliphatic heterocycles. The maximum atomic E-state index is 5.37. The van der Waals surface area contributed by atoms with Crippen LogP contribution in [-0.4, -0.2) is 44.7 Å². The van der Waals surface area contributed by atoms with Crippen LogP contribution in [-0.2, 0) is 17.3 Å². The Hall–Kier alpha value is -2.62. The van der Waals surface area contributed by atoms with Gasteiger partial charge in [-0.2, -0.15) is 0 Å². The van der Waals surface area contributed by atoms with E-state index in [1.54, 1.807) is 7.11 Å². The fourth-order valence-corrected chi connectivity index (χ4v) is 5.77. The summed E-state index contributed by atoms with van der Waals surface area (Å²) in [7, 11) is 1.74. The second kappa shape index (κ2) is 10.3. The number of rotatable bonds is 10. The number of piperidine rings is 1. The van der Waals surface area contributed by atoms with Gasteiger partial charge in [-0.3, -0.25) is 0 Å². The summed E-state index contributed by atoms with van der Waals surface area (Å²) >= 11 is 0. The van der Waals surface area contributed by atoms with Gasteiger partial charge in [0.2, 0.25) is 0 Å². The summed E-state index contributed by atoms with van der Waals surface area (Å²) in [5.41, 5.74) is 4.97. The van der Waals surface area contributed by atoms with Gasteiger partial charge in [0, 0.05) is 23.9 Å². The average molecular weight is 455 g/mol. The molecule has 1 N–H and O–H groups in total. The maximum Gasteiger partial charge on any atom is 0.118 e. The molecule has 0 atom stereocenters. The van der Waals surface area contributed by atoms with E-state index in [1.165, 1.54) is 62.0 Å². The first kappa shape index (κ1) is 23.1. The Morgan fingerprint density at radius 3 is 1.97 bits per heavy atom. The van der Waals surface area contributed by atoms with Crippen LogP contribution in [0.1, 0.15) is 42.4 Å². The lowest BCUT2D eigenvalue weighted by molar-refractivity contribution is 0.145. The van der Waals surface area contributed by atoms with Crippen molar-refractivity contribution < 1.29 is 4.74 Å². The highest BCUT2D eigenvalue weighted by Gasteiger charge is 2.46. The molecule has 0 aromatic heterocycles. The molecule has 0 radical (unpaired) electrons. The third kappa shape index (κ3) is 5.21. The van der Waals surface area contributed by atoms with E-state index in [0.29, 0.717) is 5.41 Å². The van der Waals surface area contributed by atoms with Gasteiger partial charge in [-0.15, -0.1) is 0 Å². The number of ether oxygens (including phenoxy) is 1. The highest BCUT2D eigenvalue weighted by molar-refractivity contribution is 5.36. The number of nitrogens with one attached hydrogen (secondary N) is 1. The Balaban J connectivity index is 1.21. The van der Waals surface area contributed by atoms with Crippen molar-refractivity contribution in [3.8, 4) is 5.75 Å². The van der Waals surface area contributed by atoms with E-state index in [0.717, 1.165) is 25.3 Å². The SMILES string of the molecule is COc1ccc(C2(CN3CCC(CNCCc4ccccc4)(c4ccccc4)CC3)CC2)cc1. The van der Waals surface area contributed by atoms with E-state index >= 15 is 0 Å². The zero-order chi connectivity index (χ0) is 23.3. The summed E-state index contributed by atoms with van der Waals surface area (Å²) in [5, 5.41) is 3.82. The molecule has 1 saturated heterocycles. The predicted molar refractivity (Wildman–Crippen MR) is 141 cm³/mol. The van der Waals surface area contributed by atoms with Crippen molar-refractivity contribution in [2.45, 2.75) is 42.9 Å². The molecule has 0 amide bonds. The fourth-order valence-electron chi connectivity index (χ4n) is 5.77. The van der Waals surface area contributed by atoms with Crippen LogP contribution in [0.15, 0.2) is 84.9 Å². The zero-order valence-electron chi connectivity index (χ0n) is 20.5. The van der Waals surface area contributed by atoms with Crippen molar-refractivity contribution in [1.29, 1.82) is 0 Å². The maximum absolute atomic E-state index is 5.37. The first-order chi connectivity index (χ1) is 16.7. The third-order valence-corrected chi connectivity index (χ3v) is 8.18. The highest BCUT2D eigenvalue weighted by atomic mass is 16.5. The molecule has 0 unspecified atom stereocenters. The molecule has 3 heteroatoms. The van der Waals surface area contributed by atoms with E-state index in [1.807, 2.05) is 0 Å². The molecule has 34 heavy (non-hydrogen) atoms. The monoisotopic (exact) mass is 454 g/mol. The van der Waals surface area contributed by atoms with E-state index in [2.05, 4.69) is 95.1 Å². The van der Waals surface area contributed by atoms with Gasteiger partial charge >= 0.3 is 0 Å². The molecule has 0 bridgehead atoms. The largest absolute Gasteiger partial charge is 0.497 e. The molecule has 1 heterocycles. The van der Waals surface area contributed by atoms with Crippen LogP contribution in [0.3, 0.4) is 0 Å². The van der Waals surface area contributed by atoms with Crippen molar-refractivity contribution in [3.63, 3.8) is 0 Å². The number of likely N-dealkylation sites (tertiary alicyclic amines) is 1. The van der Waals surface area contributed by atoms with Gasteiger partial charge in [0.25, 0.3) is 0 Å². The summed E-state index contributed by atoms with van der Waals surface area (Å²) in [5.74, 6) is 0.949. The summed E-state index contributed by atoms with van der Waals surface area (Å²) in [4.78, 5) is 2.72. The van der Waals surface area contributed by atoms with E-state index in [-0.39, 0.29) is 5.41 Å². The third-order valence-electron chi connectivity index (χ3n) is 8.18. The first-order valence-corrected chi connectivity index (χ1v) is 12.9. The minimum absolute atomic E-state index is 0.227. The number of methoxy groups -OCH3 is 1. The fraction of sp³-hybridized carbons (Fsp3) is 0.419. The number of hydrogen-bond acceptors (Lipinski definition) is 3. The average Bonchev–Trinajstić information content (AvgIpc) is 3.69. The van der Waals surface area contributed by atoms with Gasteiger partial charge in [0.15, 0.2) is 0 Å². The Labute approximate surface area is 205 Å². The van der Waals surface area contributed by atoms with E-state index < -0.39 is 0 Å². The Morgan fingerprint density at radius 2 is 1.35 bits per heavy atom. The van der Waals surface area contributed by atoms with Gasteiger partial charge in [0.05, 0.1) is 7.11 Å². The highest BCUT2D eigenvalue weighted by Crippen LogP contribution is 2.49. The minimum atomic E-state index is 0.227. The van der Waals surface area contributed by atoms with E-state index in [4.69, 9.17) is 4.74 Å². The van der Waals surface area contributed by atoms with Gasteiger partial charge in [-0.05, 0) is 80.6 Å². The lowest BCUT2D eigenvalue weighted by atomic mass is 9.72. The minimum Gasteiger partial charge on any atom is -0.497 e. The quantitative estimate of drug-likeness (QED) is 0.404. The second-order valence-electron chi connectivity index (χ2n) is 10.3. The standard InChI is InChI=1S/C31H38N2O/c1-34-29-14-12-28(13-15-29)31(17-18-31)25-33-22-19-30(20-23-33,27-10-6-3-7-11-27)24-32-21-16-26-8-4-2-5-9-26/h2-15,32H,16-25H2,1H3. The number of hydrogen-bond donors (Lipinski definition) is 1. The van der Waals surface area contributed by atoms with Crippen molar-refractivity contribution >= 4 is 0 Å². The molecule has 3 aromatic carbocycles. The molecule has 2 aliphatic rings. The van der Waals surface area contributed by atoms with Gasteiger partial charge < -0.3 is 15.0 Å². The molecule has 2 fully saturated rings. The van der Waals surface area contributed by atoms with Crippen molar-refractivity contribution in [3.05, 3.63) is 102 Å². The molecule has 178 valence electrons. The molecule has 1 saturated carbocycles. The second-order valence-corrected chi connectivity index (χ2v) is 10.3. The van der Waals surface area contributed by atoms with E-state index in [9.17, 15) is 0 Å². The summed E-state index contributed by atoms with van der Waals surface area (Å²) in [6.07, 6.45) is 6.13. The molecule has 0 spiro atoms. The van der Waals surface area contributed by atoms with Crippen LogP contribution >= 0.6 is 0 Å². The zero-order valence-corrected chi connectivity index (χ0v) is 20.5. The van der Waals surface area contributed by atoms with Crippen LogP contribution in [0.25, 0.3) is 0 Å². The van der Waals surface area contributed by atoms with Crippen molar-refractivity contribution in [1.82, 2.24) is 10.2 Å². The lowest BCUT2D eigenvalue weighted by Gasteiger charge is -2.43. The van der Waals surface area contributed by atoms with Gasteiger partial charge in [-0.25, -0.2) is 0 Å². The van der Waals surface area contributed by atoms with Crippen molar-refractivity contribution in [2.24, 2.45) is 0 Å². The summed E-state index contributed by atoms with van der Waals surface area (Å²) in [6, 6.07) is 30.8. The molecular weight excluding hydrogens is 416 g/mol. The number of benzene rings is 3. The first-order valence-electron chi connectivity index (χ1n) is 12.9. The number of nitrogens with zero attached hydrogens (tertiary/aromatic N) is 1. The predicted octanol–water partition coefficient (Wildman–Crippen LogP) is 5.59. The Kier molecular flexibility index (Phi) is 7.03. The molecule has 1 aliphatic carbocycles. The van der Waals surface area contributed by atoms with Crippen molar-refractivity contribution in [2.75, 3.05) is 39.8 Å². The van der Waals surface area contributed by atoms with Crippen LogP contribution in [0.4, 0.5) is 0 Å². The van der Waals surface area contributed by atoms with Crippen LogP contribution in [0, 0.1) is 0 Å². The molecular formula is C31H38N2O. The van der Waals surface area contributed by atoms with Gasteiger partial charge in [-0.1, -0.05) is 72.8 Å². The van der Waals surface area contributed by atoms with Crippen LogP contribution in [0.5, 0.6) is 5.75 Å². The van der Waals surface area contributed by atoms with Crippen LogP contribution < -0.4 is 10.1 Å². The lowest BCUT2D eigenvalue weighted by Crippen LogP contribution is -2.49. The molecule has 5 rings (SSSR count).